The maximum Gasteiger partial charge on any atom is 0.372 e. The number of methoxy groups -OCH3 is 1. The quantitative estimate of drug-likeness (QED) is 0.774. The molecule has 0 spiro atoms. The number of hydrogen-bond donors (Lipinski definition) is 2. The Bertz CT molecular complexity index is 618. The number of nitrogens with zero attached hydrogens (tertiary/aromatic N) is 1. The van der Waals surface area contributed by atoms with Crippen LogP contribution in [0.2, 0.25) is 0 Å². The second-order valence-corrected chi connectivity index (χ2v) is 3.08. The molecule has 1 aromatic heterocycles. The number of rotatable bonds is 2. The molecule has 16 heavy (non-hydrogen) atoms. The number of ether oxygens (including phenoxy) is 1. The summed E-state index contributed by atoms with van der Waals surface area (Å²) in [7, 11) is 1.43. The number of carboxylic acids is 1. The third-order valence-corrected chi connectivity index (χ3v) is 2.12. The van der Waals surface area contributed by atoms with E-state index in [0.717, 1.165) is 0 Å². The molecule has 0 unspecified atom stereocenters. The second-order valence-electron chi connectivity index (χ2n) is 3.08. The van der Waals surface area contributed by atoms with E-state index in [4.69, 9.17) is 9.84 Å². The van der Waals surface area contributed by atoms with Gasteiger partial charge in [0, 0.05) is 0 Å². The predicted octanol–water partition coefficient (Wildman–Crippen LogP) is 0.630. The molecule has 0 amide bonds. The average molecular weight is 220 g/mol. The highest BCUT2D eigenvalue weighted by Gasteiger charge is 2.12. The van der Waals surface area contributed by atoms with Gasteiger partial charge in [-0.1, -0.05) is 6.07 Å². The first-order valence-electron chi connectivity index (χ1n) is 4.44. The molecule has 6 nitrogen and oxygen atoms in total. The lowest BCUT2D eigenvalue weighted by Gasteiger charge is -2.04. The molecule has 0 saturated carbocycles. The number of aromatic carboxylic acids is 1. The van der Waals surface area contributed by atoms with E-state index in [2.05, 4.69) is 9.97 Å². The van der Waals surface area contributed by atoms with Gasteiger partial charge in [-0.2, -0.15) is 0 Å². The fraction of sp³-hybridized carbons (Fsp3) is 0.100. The topological polar surface area (TPSA) is 92.3 Å². The third-order valence-electron chi connectivity index (χ3n) is 2.12. The Morgan fingerprint density at radius 1 is 1.50 bits per heavy atom. The van der Waals surface area contributed by atoms with Crippen molar-refractivity contribution in [2.24, 2.45) is 0 Å². The van der Waals surface area contributed by atoms with E-state index in [1.807, 2.05) is 0 Å². The Morgan fingerprint density at radius 3 is 2.88 bits per heavy atom. The van der Waals surface area contributed by atoms with E-state index in [1.165, 1.54) is 7.11 Å². The summed E-state index contributed by atoms with van der Waals surface area (Å²) in [5.41, 5.74) is -0.257. The molecule has 0 fully saturated rings. The summed E-state index contributed by atoms with van der Waals surface area (Å²) in [5.74, 6) is -1.32. The van der Waals surface area contributed by atoms with E-state index in [9.17, 15) is 9.59 Å². The molecule has 0 aliphatic carbocycles. The zero-order chi connectivity index (χ0) is 11.7. The van der Waals surface area contributed by atoms with Gasteiger partial charge >= 0.3 is 5.97 Å². The Hall–Kier alpha value is -2.37. The molecule has 0 saturated heterocycles. The predicted molar refractivity (Wildman–Crippen MR) is 55.9 cm³/mol. The summed E-state index contributed by atoms with van der Waals surface area (Å²) in [5, 5.41) is 9.05. The van der Waals surface area contributed by atoms with Crippen molar-refractivity contribution >= 4 is 16.9 Å². The van der Waals surface area contributed by atoms with E-state index in [-0.39, 0.29) is 5.52 Å². The van der Waals surface area contributed by atoms with Crippen LogP contribution in [-0.4, -0.2) is 28.2 Å². The molecule has 2 N–H and O–H groups in total. The van der Waals surface area contributed by atoms with Crippen LogP contribution in [0.15, 0.2) is 23.0 Å². The van der Waals surface area contributed by atoms with Crippen LogP contribution in [0.3, 0.4) is 0 Å². The number of aromatic nitrogens is 2. The molecule has 0 aliphatic heterocycles. The Kier molecular flexibility index (Phi) is 2.32. The van der Waals surface area contributed by atoms with Crippen molar-refractivity contribution < 1.29 is 14.6 Å². The van der Waals surface area contributed by atoms with E-state index < -0.39 is 17.4 Å². The number of benzene rings is 1. The third kappa shape index (κ3) is 1.50. The summed E-state index contributed by atoms with van der Waals surface area (Å²) in [6, 6.07) is 4.80. The molecule has 0 bridgehead atoms. The largest absolute Gasteiger partial charge is 0.494 e. The number of carboxylic acid groups (broad SMARTS) is 1. The molecule has 82 valence electrons. The molecule has 2 aromatic rings. The molecular formula is C10H8N2O4. The lowest BCUT2D eigenvalue weighted by molar-refractivity contribution is 0.0683. The van der Waals surface area contributed by atoms with Crippen LogP contribution in [0.5, 0.6) is 5.75 Å². The Morgan fingerprint density at radius 2 is 2.25 bits per heavy atom. The molecule has 1 aromatic carbocycles. The highest BCUT2D eigenvalue weighted by atomic mass is 16.5. The number of fused-ring (bicyclic) bond motifs is 1. The van der Waals surface area contributed by atoms with E-state index in [1.54, 1.807) is 18.2 Å². The van der Waals surface area contributed by atoms with Gasteiger partial charge in [0.1, 0.15) is 11.3 Å². The molecule has 0 radical (unpaired) electrons. The molecule has 6 heteroatoms. The molecule has 1 heterocycles. The number of aromatic amines is 1. The second kappa shape index (κ2) is 3.65. The van der Waals surface area contributed by atoms with Crippen molar-refractivity contribution in [3.05, 3.63) is 34.4 Å². The van der Waals surface area contributed by atoms with Crippen LogP contribution < -0.4 is 10.3 Å². The van der Waals surface area contributed by atoms with E-state index >= 15 is 0 Å². The van der Waals surface area contributed by atoms with Crippen LogP contribution in [-0.2, 0) is 0 Å². The zero-order valence-corrected chi connectivity index (χ0v) is 8.35. The standard InChI is InChI=1S/C10H8N2O4/c1-16-6-4-2-3-5-7(6)11-8(10(14)15)12-9(5)13/h2-4H,1H3,(H,14,15)(H,11,12,13). The maximum atomic E-state index is 11.6. The SMILES string of the molecule is COc1cccc2c(=O)[nH]c(C(=O)O)nc12. The number of hydrogen-bond acceptors (Lipinski definition) is 4. The first-order chi connectivity index (χ1) is 7.63. The van der Waals surface area contributed by atoms with Gasteiger partial charge in [-0.25, -0.2) is 9.78 Å². The summed E-state index contributed by atoms with van der Waals surface area (Å²) in [6.45, 7) is 0. The molecule has 0 atom stereocenters. The molecule has 2 rings (SSSR count). The lowest BCUT2D eigenvalue weighted by atomic mass is 10.2. The van der Waals surface area contributed by atoms with Gasteiger partial charge in [0.15, 0.2) is 0 Å². The average Bonchev–Trinajstić information content (AvgIpc) is 2.28. The summed E-state index contributed by atoms with van der Waals surface area (Å²) < 4.78 is 5.01. The minimum atomic E-state index is -1.29. The Balaban J connectivity index is 2.88. The normalized spacial score (nSPS) is 10.3. The maximum absolute atomic E-state index is 11.6. The number of para-hydroxylation sites is 1. The molecule has 0 aliphatic rings. The minimum absolute atomic E-state index is 0.242. The fourth-order valence-corrected chi connectivity index (χ4v) is 1.40. The summed E-state index contributed by atoms with van der Waals surface area (Å²) >= 11 is 0. The minimum Gasteiger partial charge on any atom is -0.494 e. The van der Waals surface area contributed by atoms with Crippen molar-refractivity contribution in [1.29, 1.82) is 0 Å². The Labute approximate surface area is 89.5 Å². The number of H-pyrrole nitrogens is 1. The lowest BCUT2D eigenvalue weighted by Crippen LogP contribution is -2.15. The summed E-state index contributed by atoms with van der Waals surface area (Å²) in [4.78, 5) is 28.3. The van der Waals surface area contributed by atoms with Gasteiger partial charge in [0.25, 0.3) is 5.56 Å². The van der Waals surface area contributed by atoms with E-state index in [0.29, 0.717) is 11.1 Å². The van der Waals surface area contributed by atoms with Gasteiger partial charge in [-0.3, -0.25) is 4.79 Å². The zero-order valence-electron chi connectivity index (χ0n) is 8.35. The van der Waals surface area contributed by atoms with Gasteiger partial charge in [0.2, 0.25) is 5.82 Å². The van der Waals surface area contributed by atoms with Crippen LogP contribution >= 0.6 is 0 Å². The molecular weight excluding hydrogens is 212 g/mol. The van der Waals surface area contributed by atoms with Crippen LogP contribution in [0, 0.1) is 0 Å². The van der Waals surface area contributed by atoms with Gasteiger partial charge < -0.3 is 14.8 Å². The number of nitrogens with one attached hydrogen (secondary N) is 1. The van der Waals surface area contributed by atoms with Crippen molar-refractivity contribution in [2.45, 2.75) is 0 Å². The number of carbonyl (C=O) groups is 1. The van der Waals surface area contributed by atoms with Crippen LogP contribution in [0.25, 0.3) is 10.9 Å². The van der Waals surface area contributed by atoms with Crippen molar-refractivity contribution in [3.63, 3.8) is 0 Å². The van der Waals surface area contributed by atoms with Gasteiger partial charge in [-0.15, -0.1) is 0 Å². The van der Waals surface area contributed by atoms with Gasteiger partial charge in [0.05, 0.1) is 12.5 Å². The first-order valence-corrected chi connectivity index (χ1v) is 4.44. The summed E-state index contributed by atoms with van der Waals surface area (Å²) in [6.07, 6.45) is 0. The van der Waals surface area contributed by atoms with Crippen LogP contribution in [0.4, 0.5) is 0 Å². The highest BCUT2D eigenvalue weighted by Crippen LogP contribution is 2.20. The van der Waals surface area contributed by atoms with Crippen molar-refractivity contribution in [3.8, 4) is 5.75 Å². The monoisotopic (exact) mass is 220 g/mol. The van der Waals surface area contributed by atoms with Crippen molar-refractivity contribution in [2.75, 3.05) is 7.11 Å². The van der Waals surface area contributed by atoms with Crippen molar-refractivity contribution in [1.82, 2.24) is 9.97 Å². The fourth-order valence-electron chi connectivity index (χ4n) is 1.40. The smallest absolute Gasteiger partial charge is 0.372 e. The highest BCUT2D eigenvalue weighted by molar-refractivity contribution is 5.89. The van der Waals surface area contributed by atoms with Gasteiger partial charge in [-0.05, 0) is 12.1 Å². The van der Waals surface area contributed by atoms with Crippen LogP contribution in [0.1, 0.15) is 10.6 Å². The first kappa shape index (κ1) is 10.2.